The van der Waals surface area contributed by atoms with Crippen LogP contribution < -0.4 is 11.1 Å². The molecule has 128 valence electrons. The van der Waals surface area contributed by atoms with Gasteiger partial charge < -0.3 is 11.1 Å². The number of carbonyl (C=O) groups excluding carboxylic acids is 1. The fourth-order valence-corrected chi connectivity index (χ4v) is 2.95. The van der Waals surface area contributed by atoms with Crippen LogP contribution in [0, 0.1) is 17.5 Å². The Morgan fingerprint density at radius 3 is 2.52 bits per heavy atom. The van der Waals surface area contributed by atoms with Crippen molar-refractivity contribution in [3.05, 3.63) is 64.9 Å². The van der Waals surface area contributed by atoms with Crippen LogP contribution in [0.2, 0.25) is 0 Å². The Morgan fingerprint density at radius 1 is 1.08 bits per heavy atom. The van der Waals surface area contributed by atoms with Crippen LogP contribution in [0.4, 0.5) is 24.5 Å². The fraction of sp³-hybridized carbons (Fsp3) is 0.0588. The van der Waals surface area contributed by atoms with E-state index in [1.807, 2.05) is 12.1 Å². The van der Waals surface area contributed by atoms with Gasteiger partial charge in [-0.3, -0.25) is 4.79 Å². The highest BCUT2D eigenvalue weighted by Gasteiger charge is 2.16. The quantitative estimate of drug-likeness (QED) is 0.544. The number of amides is 1. The molecule has 8 heteroatoms. The minimum atomic E-state index is -1.63. The van der Waals surface area contributed by atoms with Gasteiger partial charge in [-0.2, -0.15) is 0 Å². The molecule has 3 aromatic rings. The molecule has 0 unspecified atom stereocenters. The lowest BCUT2D eigenvalue weighted by molar-refractivity contribution is -0.115. The lowest BCUT2D eigenvalue weighted by atomic mass is 10.2. The average molecular weight is 363 g/mol. The lowest BCUT2D eigenvalue weighted by Gasteiger charge is -2.06. The number of anilines is 2. The van der Waals surface area contributed by atoms with E-state index in [4.69, 9.17) is 5.73 Å². The molecule has 0 atom stereocenters. The van der Waals surface area contributed by atoms with Crippen molar-refractivity contribution in [3.8, 4) is 10.6 Å². The molecule has 0 aliphatic rings. The number of nitrogen functional groups attached to an aromatic ring is 1. The molecule has 1 amide bonds. The largest absolute Gasteiger partial charge is 0.399 e. The van der Waals surface area contributed by atoms with Crippen LogP contribution in [-0.2, 0) is 11.2 Å². The first kappa shape index (κ1) is 17.0. The first-order valence-corrected chi connectivity index (χ1v) is 8.05. The molecule has 0 saturated heterocycles. The minimum absolute atomic E-state index is 0.121. The van der Waals surface area contributed by atoms with Gasteiger partial charge >= 0.3 is 0 Å². The summed E-state index contributed by atoms with van der Waals surface area (Å²) in [7, 11) is 0. The SMILES string of the molecule is Nc1ccc(-c2nc(CC(=O)Nc3ccc(F)c(F)c3F)cs2)cc1. The lowest BCUT2D eigenvalue weighted by Crippen LogP contribution is -2.16. The third-order valence-electron chi connectivity index (χ3n) is 3.36. The van der Waals surface area contributed by atoms with E-state index in [-0.39, 0.29) is 6.42 Å². The summed E-state index contributed by atoms with van der Waals surface area (Å²) >= 11 is 1.35. The zero-order valence-corrected chi connectivity index (χ0v) is 13.5. The monoisotopic (exact) mass is 363 g/mol. The predicted octanol–water partition coefficient (Wildman–Crippen LogP) is 3.99. The molecule has 0 aliphatic heterocycles. The predicted molar refractivity (Wildman–Crippen MR) is 90.6 cm³/mol. The van der Waals surface area contributed by atoms with Gasteiger partial charge in [0.2, 0.25) is 5.91 Å². The van der Waals surface area contributed by atoms with Crippen molar-refractivity contribution in [3.63, 3.8) is 0 Å². The second-order valence-electron chi connectivity index (χ2n) is 5.21. The number of hydrogen-bond donors (Lipinski definition) is 2. The Labute approximate surface area is 145 Å². The highest BCUT2D eigenvalue weighted by atomic mass is 32.1. The van der Waals surface area contributed by atoms with Crippen LogP contribution in [-0.4, -0.2) is 10.9 Å². The van der Waals surface area contributed by atoms with E-state index < -0.39 is 29.0 Å². The van der Waals surface area contributed by atoms with Crippen molar-refractivity contribution in [2.24, 2.45) is 0 Å². The van der Waals surface area contributed by atoms with Crippen molar-refractivity contribution in [2.45, 2.75) is 6.42 Å². The van der Waals surface area contributed by atoms with Crippen LogP contribution in [0.3, 0.4) is 0 Å². The molecule has 0 saturated carbocycles. The summed E-state index contributed by atoms with van der Waals surface area (Å²) in [6.45, 7) is 0. The van der Waals surface area contributed by atoms with Gasteiger partial charge in [0.15, 0.2) is 17.5 Å². The molecule has 3 N–H and O–H groups in total. The van der Waals surface area contributed by atoms with Crippen molar-refractivity contribution < 1.29 is 18.0 Å². The second-order valence-corrected chi connectivity index (χ2v) is 6.07. The van der Waals surface area contributed by atoms with E-state index in [2.05, 4.69) is 10.3 Å². The molecule has 0 aliphatic carbocycles. The van der Waals surface area contributed by atoms with Gasteiger partial charge in [0.05, 0.1) is 17.8 Å². The van der Waals surface area contributed by atoms with Gasteiger partial charge in [0.1, 0.15) is 5.01 Å². The van der Waals surface area contributed by atoms with Crippen LogP contribution in [0.1, 0.15) is 5.69 Å². The van der Waals surface area contributed by atoms with Crippen LogP contribution in [0.15, 0.2) is 41.8 Å². The summed E-state index contributed by atoms with van der Waals surface area (Å²) in [6, 6.07) is 8.83. The summed E-state index contributed by atoms with van der Waals surface area (Å²) in [6.07, 6.45) is -0.121. The topological polar surface area (TPSA) is 68.0 Å². The second kappa shape index (κ2) is 6.94. The Kier molecular flexibility index (Phi) is 4.71. The number of aromatic nitrogens is 1. The first-order valence-electron chi connectivity index (χ1n) is 7.17. The number of nitrogens with zero attached hydrogens (tertiary/aromatic N) is 1. The van der Waals surface area contributed by atoms with Crippen molar-refractivity contribution in [1.82, 2.24) is 4.98 Å². The van der Waals surface area contributed by atoms with Gasteiger partial charge in [0, 0.05) is 16.6 Å². The van der Waals surface area contributed by atoms with Gasteiger partial charge in [-0.25, -0.2) is 18.2 Å². The smallest absolute Gasteiger partial charge is 0.230 e. The third-order valence-corrected chi connectivity index (χ3v) is 4.30. The molecule has 1 aromatic heterocycles. The summed E-state index contributed by atoms with van der Waals surface area (Å²) in [5.74, 6) is -4.96. The third kappa shape index (κ3) is 3.80. The fourth-order valence-electron chi connectivity index (χ4n) is 2.13. The summed E-state index contributed by atoms with van der Waals surface area (Å²) < 4.78 is 39.6. The van der Waals surface area contributed by atoms with E-state index in [1.54, 1.807) is 17.5 Å². The Bertz CT molecular complexity index is 925. The Hall–Kier alpha value is -2.87. The summed E-state index contributed by atoms with van der Waals surface area (Å²) in [5.41, 5.74) is 7.19. The number of nitrogens with two attached hydrogens (primary N) is 1. The molecule has 0 fully saturated rings. The minimum Gasteiger partial charge on any atom is -0.399 e. The number of carbonyl (C=O) groups is 1. The molecule has 0 bridgehead atoms. The zero-order chi connectivity index (χ0) is 18.0. The van der Waals surface area contributed by atoms with Gasteiger partial charge in [0.25, 0.3) is 0 Å². The van der Waals surface area contributed by atoms with Crippen molar-refractivity contribution in [1.29, 1.82) is 0 Å². The normalized spacial score (nSPS) is 10.7. The number of thiazole rings is 1. The number of hydrogen-bond acceptors (Lipinski definition) is 4. The van der Waals surface area contributed by atoms with Crippen molar-refractivity contribution in [2.75, 3.05) is 11.1 Å². The standard InChI is InChI=1S/C17H12F3N3OS/c18-12-5-6-13(16(20)15(12)19)23-14(24)7-11-8-25-17(22-11)9-1-3-10(21)4-2-9/h1-6,8H,7,21H2,(H,23,24). The highest BCUT2D eigenvalue weighted by molar-refractivity contribution is 7.13. The average Bonchev–Trinajstić information content (AvgIpc) is 3.04. The first-order chi connectivity index (χ1) is 11.9. The Morgan fingerprint density at radius 2 is 1.80 bits per heavy atom. The number of halogens is 3. The maximum absolute atomic E-state index is 13.6. The molecule has 2 aromatic carbocycles. The van der Waals surface area contributed by atoms with E-state index in [0.29, 0.717) is 16.4 Å². The number of nitrogens with one attached hydrogen (secondary N) is 1. The van der Waals surface area contributed by atoms with Gasteiger partial charge in [-0.15, -0.1) is 11.3 Å². The molecule has 25 heavy (non-hydrogen) atoms. The summed E-state index contributed by atoms with van der Waals surface area (Å²) in [4.78, 5) is 16.3. The molecule has 0 radical (unpaired) electrons. The van der Waals surface area contributed by atoms with Gasteiger partial charge in [-0.1, -0.05) is 0 Å². The van der Waals surface area contributed by atoms with Gasteiger partial charge in [-0.05, 0) is 36.4 Å². The molecule has 0 spiro atoms. The Balaban J connectivity index is 1.70. The van der Waals surface area contributed by atoms with E-state index >= 15 is 0 Å². The number of rotatable bonds is 4. The van der Waals surface area contributed by atoms with Crippen LogP contribution in [0.25, 0.3) is 10.6 Å². The molecule has 1 heterocycles. The van der Waals surface area contributed by atoms with Crippen LogP contribution in [0.5, 0.6) is 0 Å². The van der Waals surface area contributed by atoms with E-state index in [9.17, 15) is 18.0 Å². The molecular formula is C17H12F3N3OS. The van der Waals surface area contributed by atoms with E-state index in [0.717, 1.165) is 17.7 Å². The van der Waals surface area contributed by atoms with E-state index in [1.165, 1.54) is 11.3 Å². The van der Waals surface area contributed by atoms with Crippen LogP contribution >= 0.6 is 11.3 Å². The zero-order valence-electron chi connectivity index (χ0n) is 12.7. The van der Waals surface area contributed by atoms with Crippen molar-refractivity contribution >= 4 is 28.6 Å². The molecule has 4 nitrogen and oxygen atoms in total. The number of benzene rings is 2. The highest BCUT2D eigenvalue weighted by Crippen LogP contribution is 2.25. The molecule has 3 rings (SSSR count). The summed E-state index contributed by atoms with van der Waals surface area (Å²) in [5, 5.41) is 4.62. The maximum Gasteiger partial charge on any atom is 0.230 e. The maximum atomic E-state index is 13.6. The molecular weight excluding hydrogens is 351 g/mol.